The highest BCUT2D eigenvalue weighted by Gasteiger charge is 2.45. The summed E-state index contributed by atoms with van der Waals surface area (Å²) >= 11 is 0. The average molecular weight is 539 g/mol. The van der Waals surface area contributed by atoms with Gasteiger partial charge in [-0.15, -0.1) is 0 Å². The average Bonchev–Trinajstić information content (AvgIpc) is 2.92. The van der Waals surface area contributed by atoms with Gasteiger partial charge in [-0.2, -0.15) is 0 Å². The Morgan fingerprint density at radius 3 is 1.46 bits per heavy atom. The third-order valence-corrected chi connectivity index (χ3v) is 8.97. The van der Waals surface area contributed by atoms with Crippen LogP contribution in [0.25, 0.3) is 0 Å². The molecule has 0 spiro atoms. The minimum atomic E-state index is -0.854. The van der Waals surface area contributed by atoms with Crippen molar-refractivity contribution in [3.8, 4) is 11.5 Å². The van der Waals surface area contributed by atoms with Gasteiger partial charge >= 0.3 is 0 Å². The van der Waals surface area contributed by atoms with Crippen LogP contribution in [0.2, 0.25) is 0 Å². The number of methoxy groups -OCH3 is 2. The van der Waals surface area contributed by atoms with E-state index in [1.54, 1.807) is 14.2 Å². The van der Waals surface area contributed by atoms with Crippen LogP contribution in [0.5, 0.6) is 11.5 Å². The van der Waals surface area contributed by atoms with Gasteiger partial charge in [0, 0.05) is 37.9 Å². The van der Waals surface area contributed by atoms with E-state index in [9.17, 15) is 0 Å². The zero-order valence-electron chi connectivity index (χ0n) is 24.1. The highest BCUT2D eigenvalue weighted by atomic mass is 16.7. The van der Waals surface area contributed by atoms with Crippen LogP contribution in [0.4, 0.5) is 0 Å². The van der Waals surface area contributed by atoms with E-state index >= 15 is 0 Å². The maximum atomic E-state index is 6.41. The molecule has 2 aromatic rings. The minimum absolute atomic E-state index is 0.135. The summed E-state index contributed by atoms with van der Waals surface area (Å²) in [5, 5.41) is 0. The summed E-state index contributed by atoms with van der Waals surface area (Å²) in [4.78, 5) is 0. The smallest absolute Gasteiger partial charge is 0.234 e. The van der Waals surface area contributed by atoms with Crippen LogP contribution < -0.4 is 9.47 Å². The van der Waals surface area contributed by atoms with Crippen LogP contribution >= 0.6 is 0 Å². The van der Waals surface area contributed by atoms with Crippen molar-refractivity contribution in [1.29, 1.82) is 0 Å². The second kappa shape index (κ2) is 9.74. The lowest BCUT2D eigenvalue weighted by molar-refractivity contribution is -0.246. The van der Waals surface area contributed by atoms with Crippen LogP contribution in [0.15, 0.2) is 36.4 Å². The monoisotopic (exact) mass is 538 g/mol. The number of aryl methyl sites for hydroxylation is 2. The number of hydrogen-bond acceptors (Lipinski definition) is 7. The first-order valence-electron chi connectivity index (χ1n) is 14.1. The van der Waals surface area contributed by atoms with Crippen molar-refractivity contribution in [3.63, 3.8) is 0 Å². The molecule has 212 valence electrons. The van der Waals surface area contributed by atoms with E-state index in [-0.39, 0.29) is 36.3 Å². The molecule has 2 aromatic carbocycles. The standard InChI is InChI=1S/C32H42O7/c1-29(2)17-36-27(29)23-7-9-25-21(15-23)11-13-31(33-5,38-25)19-35-20-32(34-6)14-12-22-16-24(8-10-26(22)39-32)28-30(3,4)18-37-28/h7-10,15-16,27-28H,11-14,17-20H2,1-6H3. The summed E-state index contributed by atoms with van der Waals surface area (Å²) in [6.07, 6.45) is 3.35. The van der Waals surface area contributed by atoms with Crippen LogP contribution in [-0.4, -0.2) is 52.2 Å². The SMILES string of the molecule is COC1(COCC2(OC)CCc3cc(C4OCC4(C)C)ccc3O2)CCc2cc(C3OCC3(C)C)ccc2O1. The van der Waals surface area contributed by atoms with Crippen molar-refractivity contribution in [2.45, 2.75) is 77.2 Å². The van der Waals surface area contributed by atoms with E-state index in [2.05, 4.69) is 52.0 Å². The van der Waals surface area contributed by atoms with Gasteiger partial charge in [0.2, 0.25) is 11.6 Å². The number of benzene rings is 2. The fourth-order valence-electron chi connectivity index (χ4n) is 6.33. The predicted octanol–water partition coefficient (Wildman–Crippen LogP) is 5.93. The van der Waals surface area contributed by atoms with E-state index < -0.39 is 11.6 Å². The van der Waals surface area contributed by atoms with Gasteiger partial charge < -0.3 is 33.2 Å². The van der Waals surface area contributed by atoms with Crippen molar-refractivity contribution >= 4 is 0 Å². The molecule has 0 aromatic heterocycles. The Hall–Kier alpha value is -2.16. The van der Waals surface area contributed by atoms with Crippen molar-refractivity contribution < 1.29 is 33.2 Å². The molecule has 0 N–H and O–H groups in total. The fourth-order valence-corrected chi connectivity index (χ4v) is 6.33. The lowest BCUT2D eigenvalue weighted by Gasteiger charge is -2.45. The molecule has 4 atom stereocenters. The van der Waals surface area contributed by atoms with Gasteiger partial charge in [-0.1, -0.05) is 39.8 Å². The Morgan fingerprint density at radius 1 is 0.692 bits per heavy atom. The predicted molar refractivity (Wildman–Crippen MR) is 146 cm³/mol. The summed E-state index contributed by atoms with van der Waals surface area (Å²) in [5.74, 6) is -0.0305. The maximum Gasteiger partial charge on any atom is 0.234 e. The minimum Gasteiger partial charge on any atom is -0.460 e. The van der Waals surface area contributed by atoms with E-state index in [0.717, 1.165) is 37.6 Å². The first-order valence-corrected chi connectivity index (χ1v) is 14.1. The molecule has 7 heteroatoms. The fraction of sp³-hybridized carbons (Fsp3) is 0.625. The number of fused-ring (bicyclic) bond motifs is 2. The van der Waals surface area contributed by atoms with Crippen molar-refractivity contribution in [3.05, 3.63) is 58.7 Å². The Morgan fingerprint density at radius 2 is 1.13 bits per heavy atom. The van der Waals surface area contributed by atoms with Crippen LogP contribution in [-0.2, 0) is 36.5 Å². The number of hydrogen-bond donors (Lipinski definition) is 0. The topological polar surface area (TPSA) is 64.6 Å². The second-order valence-electron chi connectivity index (χ2n) is 13.0. The molecule has 0 aliphatic carbocycles. The van der Waals surface area contributed by atoms with Gasteiger partial charge in [0.25, 0.3) is 0 Å². The van der Waals surface area contributed by atoms with Gasteiger partial charge in [0.1, 0.15) is 24.7 Å². The molecular weight excluding hydrogens is 496 g/mol. The van der Waals surface area contributed by atoms with Crippen LogP contribution in [0.3, 0.4) is 0 Å². The summed E-state index contributed by atoms with van der Waals surface area (Å²) in [5.41, 5.74) is 5.11. The van der Waals surface area contributed by atoms with E-state index in [4.69, 9.17) is 33.2 Å². The molecule has 0 saturated carbocycles. The Kier molecular flexibility index (Phi) is 6.75. The lowest BCUT2D eigenvalue weighted by atomic mass is 9.78. The van der Waals surface area contributed by atoms with Crippen molar-refractivity contribution in [2.75, 3.05) is 40.6 Å². The highest BCUT2D eigenvalue weighted by molar-refractivity contribution is 5.42. The normalized spacial score (nSPS) is 32.1. The first kappa shape index (κ1) is 27.0. The van der Waals surface area contributed by atoms with Gasteiger partial charge in [-0.05, 0) is 59.4 Å². The summed E-state index contributed by atoms with van der Waals surface area (Å²) in [7, 11) is 3.36. The Balaban J connectivity index is 1.09. The third-order valence-electron chi connectivity index (χ3n) is 8.97. The number of ether oxygens (including phenoxy) is 7. The molecule has 0 amide bonds. The number of rotatable bonds is 8. The maximum absolute atomic E-state index is 6.41. The van der Waals surface area contributed by atoms with Crippen molar-refractivity contribution in [2.24, 2.45) is 10.8 Å². The molecule has 4 aliphatic rings. The van der Waals surface area contributed by atoms with Gasteiger partial charge in [-0.25, -0.2) is 0 Å². The van der Waals surface area contributed by atoms with E-state index in [1.807, 2.05) is 12.1 Å². The first-order chi connectivity index (χ1) is 18.6. The molecule has 6 rings (SSSR count). The van der Waals surface area contributed by atoms with Crippen molar-refractivity contribution in [1.82, 2.24) is 0 Å². The molecular formula is C32H42O7. The summed E-state index contributed by atoms with van der Waals surface area (Å²) in [6.45, 7) is 11.1. The Labute approximate surface area is 232 Å². The molecule has 0 radical (unpaired) electrons. The molecule has 7 nitrogen and oxygen atoms in total. The summed E-state index contributed by atoms with van der Waals surface area (Å²) in [6, 6.07) is 12.7. The zero-order chi connectivity index (χ0) is 27.5. The van der Waals surface area contributed by atoms with E-state index in [1.165, 1.54) is 22.3 Å². The molecule has 4 heterocycles. The summed E-state index contributed by atoms with van der Waals surface area (Å²) < 4.78 is 42.5. The highest BCUT2D eigenvalue weighted by Crippen LogP contribution is 2.48. The molecule has 2 saturated heterocycles. The molecule has 39 heavy (non-hydrogen) atoms. The van der Waals surface area contributed by atoms with Crippen LogP contribution in [0, 0.1) is 10.8 Å². The third kappa shape index (κ3) is 4.87. The Bertz CT molecular complexity index is 1130. The van der Waals surface area contributed by atoms with Gasteiger partial charge in [0.05, 0.1) is 25.4 Å². The largest absolute Gasteiger partial charge is 0.460 e. The molecule has 0 bridgehead atoms. The van der Waals surface area contributed by atoms with Gasteiger partial charge in [-0.3, -0.25) is 0 Å². The lowest BCUT2D eigenvalue weighted by Crippen LogP contribution is -2.50. The zero-order valence-corrected chi connectivity index (χ0v) is 24.1. The van der Waals surface area contributed by atoms with Crippen LogP contribution in [0.1, 0.15) is 75.0 Å². The molecule has 4 aliphatic heterocycles. The molecule has 2 fully saturated rings. The van der Waals surface area contributed by atoms with E-state index in [0.29, 0.717) is 12.8 Å². The molecule has 4 unspecified atom stereocenters. The second-order valence-corrected chi connectivity index (χ2v) is 13.0. The quantitative estimate of drug-likeness (QED) is 0.413. The van der Waals surface area contributed by atoms with Gasteiger partial charge in [0.15, 0.2) is 0 Å².